The molecule has 3 aliphatic rings. The molecule has 0 atom stereocenters. The van der Waals surface area contributed by atoms with Gasteiger partial charge in [-0.05, 0) is 66.5 Å². The van der Waals surface area contributed by atoms with Crippen LogP contribution in [0.1, 0.15) is 66.6 Å². The summed E-state index contributed by atoms with van der Waals surface area (Å²) in [4.78, 5) is 15.8. The minimum Gasteiger partial charge on any atom is -0.381 e. The van der Waals surface area contributed by atoms with Gasteiger partial charge in [0.2, 0.25) is 0 Å². The molecule has 2 saturated carbocycles. The van der Waals surface area contributed by atoms with E-state index in [0.717, 1.165) is 32.2 Å². The maximum atomic E-state index is 13.7. The lowest BCUT2D eigenvalue weighted by atomic mass is 9.67. The van der Waals surface area contributed by atoms with Crippen molar-refractivity contribution in [1.82, 2.24) is 10.2 Å². The van der Waals surface area contributed by atoms with Crippen molar-refractivity contribution < 1.29 is 22.7 Å². The Hall–Kier alpha value is -3.24. The van der Waals surface area contributed by atoms with E-state index in [-0.39, 0.29) is 34.4 Å². The largest absolute Gasteiger partial charge is 0.416 e. The Morgan fingerprint density at radius 3 is 2.40 bits per heavy atom. The number of hydrogen-bond acceptors (Lipinski definition) is 5. The maximum Gasteiger partial charge on any atom is 0.416 e. The fourth-order valence-electron chi connectivity index (χ4n) is 5.33. The first-order valence-electron chi connectivity index (χ1n) is 13.5. The molecule has 0 aromatic heterocycles. The number of rotatable bonds is 8. The number of carbonyl (C=O) groups excluding carboxylic acids is 1. The Bertz CT molecular complexity index is 1250. The first kappa shape index (κ1) is 29.7. The molecule has 3 N–H and O–H groups in total. The number of amidine groups is 1. The van der Waals surface area contributed by atoms with Gasteiger partial charge in [-0.3, -0.25) is 15.6 Å². The molecule has 1 amide bonds. The van der Waals surface area contributed by atoms with Gasteiger partial charge in [0.1, 0.15) is 5.84 Å². The number of hydrogen-bond donors (Lipinski definition) is 3. The van der Waals surface area contributed by atoms with Gasteiger partial charge in [0.15, 0.2) is 0 Å². The van der Waals surface area contributed by atoms with Gasteiger partial charge in [-0.15, -0.1) is 0 Å². The van der Waals surface area contributed by atoms with Gasteiger partial charge in [0.05, 0.1) is 24.6 Å². The van der Waals surface area contributed by atoms with Crippen molar-refractivity contribution in [3.05, 3.63) is 64.7 Å². The standard InChI is InChI=1S/C21H21F3N2O.C9H17N3O/c1-20(7-8-20)13-25-11-14-9-16-17(18(10-14)21(22,23)24)12-26(19(16)27)15-5-3-2-4-6-15;1-9(4-7(5-9)13-3)8(11)12(2)6-10/h2-6,9-10,25H,7-8,11-13H2,1H3;6-7,10-11H,4-5H2,1-3H3. The van der Waals surface area contributed by atoms with Crippen molar-refractivity contribution in [1.29, 1.82) is 10.8 Å². The number of fused-ring (bicyclic) bond motifs is 1. The van der Waals surface area contributed by atoms with Crippen molar-refractivity contribution in [3.63, 3.8) is 0 Å². The van der Waals surface area contributed by atoms with Crippen LogP contribution in [0.5, 0.6) is 0 Å². The molecule has 0 spiro atoms. The number of amides is 1. The van der Waals surface area contributed by atoms with Crippen molar-refractivity contribution >= 4 is 23.8 Å². The molecular weight excluding hydrogens is 519 g/mol. The lowest BCUT2D eigenvalue weighted by Gasteiger charge is -2.45. The number of nitrogens with zero attached hydrogens (tertiary/aromatic N) is 2. The molecule has 5 rings (SSSR count). The number of para-hydroxylation sites is 1. The van der Waals surface area contributed by atoms with Crippen molar-refractivity contribution in [2.75, 3.05) is 25.6 Å². The van der Waals surface area contributed by atoms with E-state index in [9.17, 15) is 18.0 Å². The summed E-state index contributed by atoms with van der Waals surface area (Å²) in [5.41, 5.74) is 0.788. The van der Waals surface area contributed by atoms with Gasteiger partial charge in [-0.25, -0.2) is 0 Å². The van der Waals surface area contributed by atoms with Crippen molar-refractivity contribution in [3.8, 4) is 0 Å². The predicted molar refractivity (Wildman–Crippen MR) is 150 cm³/mol. The highest BCUT2D eigenvalue weighted by molar-refractivity contribution is 6.10. The van der Waals surface area contributed by atoms with E-state index >= 15 is 0 Å². The van der Waals surface area contributed by atoms with Crippen LogP contribution in [0.15, 0.2) is 42.5 Å². The van der Waals surface area contributed by atoms with E-state index in [1.165, 1.54) is 17.3 Å². The number of methoxy groups -OCH3 is 1. The van der Waals surface area contributed by atoms with Crippen LogP contribution >= 0.6 is 0 Å². The lowest BCUT2D eigenvalue weighted by Crippen LogP contribution is -2.50. The summed E-state index contributed by atoms with van der Waals surface area (Å²) >= 11 is 0. The Labute approximate surface area is 233 Å². The summed E-state index contributed by atoms with van der Waals surface area (Å²) in [6.45, 7) is 5.24. The Morgan fingerprint density at radius 2 is 1.85 bits per heavy atom. The molecule has 0 unspecified atom stereocenters. The zero-order valence-electron chi connectivity index (χ0n) is 23.5. The number of halogens is 3. The van der Waals surface area contributed by atoms with Crippen LogP contribution in [-0.2, 0) is 24.0 Å². The number of alkyl halides is 3. The van der Waals surface area contributed by atoms with Gasteiger partial charge in [-0.1, -0.05) is 32.0 Å². The lowest BCUT2D eigenvalue weighted by molar-refractivity contribution is -0.138. The topological polar surface area (TPSA) is 92.5 Å². The first-order chi connectivity index (χ1) is 18.8. The normalized spacial score (nSPS) is 22.5. The number of ether oxygens (including phenoxy) is 1. The van der Waals surface area contributed by atoms with Gasteiger partial charge in [0.25, 0.3) is 5.91 Å². The van der Waals surface area contributed by atoms with E-state index in [4.69, 9.17) is 15.6 Å². The molecule has 0 saturated heterocycles. The third-order valence-corrected chi connectivity index (χ3v) is 8.27. The molecular formula is C30H38F3N5O2. The third kappa shape index (κ3) is 6.39. The molecule has 2 fully saturated rings. The Morgan fingerprint density at radius 1 is 1.20 bits per heavy atom. The molecule has 10 heteroatoms. The van der Waals surface area contributed by atoms with Gasteiger partial charge >= 0.3 is 6.18 Å². The quantitative estimate of drug-likeness (QED) is 0.271. The first-order valence-corrected chi connectivity index (χ1v) is 13.5. The highest BCUT2D eigenvalue weighted by atomic mass is 19.4. The molecule has 1 aliphatic heterocycles. The van der Waals surface area contributed by atoms with Crippen molar-refractivity contribution in [2.45, 2.75) is 64.9 Å². The van der Waals surface area contributed by atoms with E-state index in [1.54, 1.807) is 49.4 Å². The van der Waals surface area contributed by atoms with Crippen LogP contribution in [0.25, 0.3) is 0 Å². The summed E-state index contributed by atoms with van der Waals surface area (Å²) in [5, 5.41) is 18.1. The van der Waals surface area contributed by atoms with E-state index in [1.807, 2.05) is 13.0 Å². The smallest absolute Gasteiger partial charge is 0.381 e. The monoisotopic (exact) mass is 557 g/mol. The molecule has 216 valence electrons. The molecule has 2 aliphatic carbocycles. The Kier molecular flexibility index (Phi) is 8.42. The molecule has 1 heterocycles. The minimum absolute atomic E-state index is 0.0567. The number of benzene rings is 2. The molecule has 0 bridgehead atoms. The fraction of sp³-hybridized carbons (Fsp3) is 0.500. The van der Waals surface area contributed by atoms with Gasteiger partial charge in [-0.2, -0.15) is 13.2 Å². The second-order valence-electron chi connectivity index (χ2n) is 11.7. The fourth-order valence-corrected chi connectivity index (χ4v) is 5.33. The zero-order chi connectivity index (χ0) is 29.3. The van der Waals surface area contributed by atoms with Crippen LogP contribution in [0.2, 0.25) is 0 Å². The number of carbonyl (C=O) groups is 1. The highest BCUT2D eigenvalue weighted by Gasteiger charge is 2.45. The summed E-state index contributed by atoms with van der Waals surface area (Å²) < 4.78 is 46.1. The van der Waals surface area contributed by atoms with Crippen LogP contribution in [0.3, 0.4) is 0 Å². The van der Waals surface area contributed by atoms with Crippen LogP contribution in [0, 0.1) is 21.6 Å². The molecule has 0 radical (unpaired) electrons. The SMILES string of the molecule is CC1(CNCc2cc3c(c(C(F)(F)F)c2)CN(c2ccccc2)C3=O)CC1.COC1CC(C)(C(=N)N(C)C=N)C1. The summed E-state index contributed by atoms with van der Waals surface area (Å²) in [5.74, 6) is 0.133. The zero-order valence-corrected chi connectivity index (χ0v) is 23.5. The summed E-state index contributed by atoms with van der Waals surface area (Å²) in [6, 6.07) is 11.6. The van der Waals surface area contributed by atoms with Crippen LogP contribution < -0.4 is 10.2 Å². The van der Waals surface area contributed by atoms with Gasteiger partial charge < -0.3 is 19.9 Å². The van der Waals surface area contributed by atoms with Gasteiger partial charge in [0, 0.05) is 43.9 Å². The molecule has 7 nitrogen and oxygen atoms in total. The summed E-state index contributed by atoms with van der Waals surface area (Å²) in [7, 11) is 3.44. The van der Waals surface area contributed by atoms with E-state index in [2.05, 4.69) is 12.2 Å². The van der Waals surface area contributed by atoms with Crippen molar-refractivity contribution in [2.24, 2.45) is 10.8 Å². The molecule has 2 aromatic rings. The number of anilines is 1. The predicted octanol–water partition coefficient (Wildman–Crippen LogP) is 6.07. The Balaban J connectivity index is 0.000000240. The average Bonchev–Trinajstić information content (AvgIpc) is 3.56. The van der Waals surface area contributed by atoms with E-state index < -0.39 is 11.7 Å². The minimum atomic E-state index is -4.49. The molecule has 2 aromatic carbocycles. The summed E-state index contributed by atoms with van der Waals surface area (Å²) in [6.07, 6.45) is 1.04. The number of nitrogens with one attached hydrogen (secondary N) is 3. The second kappa shape index (κ2) is 11.3. The second-order valence-corrected chi connectivity index (χ2v) is 11.7. The maximum absolute atomic E-state index is 13.7. The van der Waals surface area contributed by atoms with E-state index in [0.29, 0.717) is 29.7 Å². The van der Waals surface area contributed by atoms with Crippen LogP contribution in [0.4, 0.5) is 18.9 Å². The molecule has 40 heavy (non-hydrogen) atoms. The third-order valence-electron chi connectivity index (χ3n) is 8.27. The average molecular weight is 558 g/mol. The highest BCUT2D eigenvalue weighted by Crippen LogP contribution is 2.45. The van der Waals surface area contributed by atoms with Crippen LogP contribution in [-0.4, -0.2) is 49.8 Å².